The first-order valence-electron chi connectivity index (χ1n) is 7.55. The van der Waals surface area contributed by atoms with E-state index in [1.807, 2.05) is 25.2 Å². The molecule has 1 N–H and O–H groups in total. The molecule has 0 amide bonds. The van der Waals surface area contributed by atoms with E-state index in [2.05, 4.69) is 17.1 Å². The third-order valence-corrected chi connectivity index (χ3v) is 3.73. The van der Waals surface area contributed by atoms with Gasteiger partial charge in [0.1, 0.15) is 24.2 Å². The number of morpholine rings is 1. The van der Waals surface area contributed by atoms with Crippen LogP contribution >= 0.6 is 0 Å². The molecule has 2 rings (SSSR count). The Hall–Kier alpha value is -1.30. The number of rotatable bonds is 7. The van der Waals surface area contributed by atoms with Crippen molar-refractivity contribution in [3.8, 4) is 11.5 Å². The zero-order valence-electron chi connectivity index (χ0n) is 13.2. The second kappa shape index (κ2) is 8.22. The summed E-state index contributed by atoms with van der Waals surface area (Å²) in [6.07, 6.45) is 0.142. The smallest absolute Gasteiger partial charge is 0.124 e. The average molecular weight is 294 g/mol. The van der Waals surface area contributed by atoms with Crippen LogP contribution in [0.25, 0.3) is 0 Å². The van der Waals surface area contributed by atoms with E-state index in [0.717, 1.165) is 49.8 Å². The second-order valence-corrected chi connectivity index (χ2v) is 5.20. The van der Waals surface area contributed by atoms with E-state index in [4.69, 9.17) is 14.2 Å². The highest BCUT2D eigenvalue weighted by Crippen LogP contribution is 2.24. The van der Waals surface area contributed by atoms with Crippen LogP contribution in [0.3, 0.4) is 0 Å². The van der Waals surface area contributed by atoms with Crippen LogP contribution in [-0.2, 0) is 11.3 Å². The summed E-state index contributed by atoms with van der Waals surface area (Å²) >= 11 is 0. The SMILES string of the molecule is CCN1CCOC(COc2ccc(OC)cc2CNC)C1. The highest BCUT2D eigenvalue weighted by Gasteiger charge is 2.20. The number of nitrogens with zero attached hydrogens (tertiary/aromatic N) is 1. The van der Waals surface area contributed by atoms with Crippen LogP contribution in [0.2, 0.25) is 0 Å². The zero-order chi connectivity index (χ0) is 15.1. The second-order valence-electron chi connectivity index (χ2n) is 5.20. The Bertz CT molecular complexity index is 440. The summed E-state index contributed by atoms with van der Waals surface area (Å²) in [5.41, 5.74) is 1.10. The third kappa shape index (κ3) is 4.59. The Labute approximate surface area is 127 Å². The summed E-state index contributed by atoms with van der Waals surface area (Å²) < 4.78 is 17.0. The molecular formula is C16H26N2O3. The van der Waals surface area contributed by atoms with Gasteiger partial charge in [-0.25, -0.2) is 0 Å². The molecule has 1 unspecified atom stereocenters. The minimum atomic E-state index is 0.142. The molecule has 1 saturated heterocycles. The van der Waals surface area contributed by atoms with Gasteiger partial charge in [0, 0.05) is 25.2 Å². The maximum absolute atomic E-state index is 5.97. The number of nitrogens with one attached hydrogen (secondary N) is 1. The molecule has 1 aromatic rings. The lowest BCUT2D eigenvalue weighted by Crippen LogP contribution is -2.44. The number of hydrogen-bond acceptors (Lipinski definition) is 5. The summed E-state index contributed by atoms with van der Waals surface area (Å²) in [5, 5.41) is 3.15. The molecule has 1 fully saturated rings. The van der Waals surface area contributed by atoms with E-state index < -0.39 is 0 Å². The van der Waals surface area contributed by atoms with Gasteiger partial charge in [0.05, 0.1) is 13.7 Å². The molecule has 1 atom stereocenters. The minimum absolute atomic E-state index is 0.142. The van der Waals surface area contributed by atoms with Crippen molar-refractivity contribution in [1.29, 1.82) is 0 Å². The van der Waals surface area contributed by atoms with Crippen molar-refractivity contribution < 1.29 is 14.2 Å². The van der Waals surface area contributed by atoms with Crippen molar-refractivity contribution in [2.45, 2.75) is 19.6 Å². The lowest BCUT2D eigenvalue weighted by molar-refractivity contribution is -0.0465. The summed E-state index contributed by atoms with van der Waals surface area (Å²) in [5.74, 6) is 1.74. The van der Waals surface area contributed by atoms with Gasteiger partial charge in [-0.2, -0.15) is 0 Å². The van der Waals surface area contributed by atoms with Crippen molar-refractivity contribution >= 4 is 0 Å². The van der Waals surface area contributed by atoms with E-state index in [9.17, 15) is 0 Å². The molecule has 5 heteroatoms. The Kier molecular flexibility index (Phi) is 6.29. The molecule has 118 valence electrons. The summed E-state index contributed by atoms with van der Waals surface area (Å²) in [4.78, 5) is 2.39. The molecule has 21 heavy (non-hydrogen) atoms. The van der Waals surface area contributed by atoms with Crippen LogP contribution in [-0.4, -0.2) is 58.0 Å². The van der Waals surface area contributed by atoms with Gasteiger partial charge >= 0.3 is 0 Å². The minimum Gasteiger partial charge on any atom is -0.497 e. The summed E-state index contributed by atoms with van der Waals surface area (Å²) in [7, 11) is 3.60. The molecule has 1 aliphatic heterocycles. The van der Waals surface area contributed by atoms with E-state index in [1.54, 1.807) is 7.11 Å². The van der Waals surface area contributed by atoms with Crippen LogP contribution in [0.5, 0.6) is 11.5 Å². The Morgan fingerprint density at radius 2 is 2.29 bits per heavy atom. The maximum Gasteiger partial charge on any atom is 0.124 e. The first-order valence-corrected chi connectivity index (χ1v) is 7.55. The van der Waals surface area contributed by atoms with Crippen molar-refractivity contribution in [3.05, 3.63) is 23.8 Å². The lowest BCUT2D eigenvalue weighted by Gasteiger charge is -2.32. The van der Waals surface area contributed by atoms with Crippen LogP contribution in [0.4, 0.5) is 0 Å². The predicted octanol–water partition coefficient (Wildman–Crippen LogP) is 1.51. The van der Waals surface area contributed by atoms with Gasteiger partial charge in [-0.1, -0.05) is 6.92 Å². The summed E-state index contributed by atoms with van der Waals surface area (Å²) in [6, 6.07) is 5.90. The monoisotopic (exact) mass is 294 g/mol. The largest absolute Gasteiger partial charge is 0.497 e. The van der Waals surface area contributed by atoms with E-state index in [1.165, 1.54) is 0 Å². The summed E-state index contributed by atoms with van der Waals surface area (Å²) in [6.45, 7) is 7.31. The number of likely N-dealkylation sites (N-methyl/N-ethyl adjacent to an activating group) is 1. The van der Waals surface area contributed by atoms with Crippen molar-refractivity contribution in [1.82, 2.24) is 10.2 Å². The van der Waals surface area contributed by atoms with Gasteiger partial charge in [0.2, 0.25) is 0 Å². The molecule has 0 spiro atoms. The highest BCUT2D eigenvalue weighted by molar-refractivity contribution is 5.40. The predicted molar refractivity (Wildman–Crippen MR) is 83.1 cm³/mol. The van der Waals surface area contributed by atoms with Gasteiger partial charge in [-0.3, -0.25) is 4.90 Å². The fraction of sp³-hybridized carbons (Fsp3) is 0.625. The lowest BCUT2D eigenvalue weighted by atomic mass is 10.2. The molecule has 0 radical (unpaired) electrons. The number of methoxy groups -OCH3 is 1. The molecule has 1 aromatic carbocycles. The molecule has 0 aromatic heterocycles. The van der Waals surface area contributed by atoms with Crippen LogP contribution in [0.1, 0.15) is 12.5 Å². The molecule has 0 bridgehead atoms. The van der Waals surface area contributed by atoms with Gasteiger partial charge in [0.25, 0.3) is 0 Å². The number of hydrogen-bond donors (Lipinski definition) is 1. The fourth-order valence-corrected chi connectivity index (χ4v) is 2.50. The molecule has 0 aliphatic carbocycles. The quantitative estimate of drug-likeness (QED) is 0.826. The van der Waals surface area contributed by atoms with Gasteiger partial charge in [0.15, 0.2) is 0 Å². The van der Waals surface area contributed by atoms with Crippen molar-refractivity contribution in [2.24, 2.45) is 0 Å². The molecule has 1 heterocycles. The van der Waals surface area contributed by atoms with Gasteiger partial charge < -0.3 is 19.5 Å². The van der Waals surface area contributed by atoms with E-state index >= 15 is 0 Å². The van der Waals surface area contributed by atoms with Gasteiger partial charge in [-0.15, -0.1) is 0 Å². The Morgan fingerprint density at radius 1 is 1.43 bits per heavy atom. The molecule has 1 aliphatic rings. The fourth-order valence-electron chi connectivity index (χ4n) is 2.50. The van der Waals surface area contributed by atoms with Crippen LogP contribution < -0.4 is 14.8 Å². The van der Waals surface area contributed by atoms with Crippen LogP contribution in [0, 0.1) is 0 Å². The first-order chi connectivity index (χ1) is 10.3. The van der Waals surface area contributed by atoms with E-state index in [-0.39, 0.29) is 6.10 Å². The Balaban J connectivity index is 1.95. The normalized spacial score (nSPS) is 19.5. The topological polar surface area (TPSA) is 43.0 Å². The van der Waals surface area contributed by atoms with Crippen molar-refractivity contribution in [3.63, 3.8) is 0 Å². The molecule has 5 nitrogen and oxygen atoms in total. The van der Waals surface area contributed by atoms with Crippen molar-refractivity contribution in [2.75, 3.05) is 47.0 Å². The highest BCUT2D eigenvalue weighted by atomic mass is 16.5. The third-order valence-electron chi connectivity index (χ3n) is 3.73. The zero-order valence-corrected chi connectivity index (χ0v) is 13.2. The van der Waals surface area contributed by atoms with E-state index in [0.29, 0.717) is 6.61 Å². The standard InChI is InChI=1S/C16H26N2O3/c1-4-18-7-8-20-15(11-18)12-21-16-6-5-14(19-3)9-13(16)10-17-2/h5-6,9,15,17H,4,7-8,10-12H2,1-3H3. The number of ether oxygens (including phenoxy) is 3. The maximum atomic E-state index is 5.97. The Morgan fingerprint density at radius 3 is 3.00 bits per heavy atom. The van der Waals surface area contributed by atoms with Crippen LogP contribution in [0.15, 0.2) is 18.2 Å². The van der Waals surface area contributed by atoms with Gasteiger partial charge in [-0.05, 0) is 31.8 Å². The molecular weight excluding hydrogens is 268 g/mol. The molecule has 0 saturated carbocycles. The number of benzene rings is 1. The first kappa shape index (κ1) is 16.1. The average Bonchev–Trinajstić information content (AvgIpc) is 2.54.